The van der Waals surface area contributed by atoms with Crippen LogP contribution in [-0.2, 0) is 5.41 Å². The van der Waals surface area contributed by atoms with E-state index in [9.17, 15) is 5.11 Å². The molecule has 2 heteroatoms. The third-order valence-electron chi connectivity index (χ3n) is 3.92. The molecule has 120 valence electrons. The molecule has 21 heavy (non-hydrogen) atoms. The van der Waals surface area contributed by atoms with Gasteiger partial charge in [-0.15, -0.1) is 0 Å². The minimum Gasteiger partial charge on any atom is -0.491 e. The van der Waals surface area contributed by atoms with Gasteiger partial charge in [-0.2, -0.15) is 0 Å². The molecule has 0 spiro atoms. The SMILES string of the molecule is CCC(C)(O)COc1ccc(C(C)(C)CC(C)(C)C)cc1. The van der Waals surface area contributed by atoms with Crippen LogP contribution in [-0.4, -0.2) is 17.3 Å². The number of benzene rings is 1. The molecule has 1 unspecified atom stereocenters. The van der Waals surface area contributed by atoms with Gasteiger partial charge in [0.25, 0.3) is 0 Å². The summed E-state index contributed by atoms with van der Waals surface area (Å²) >= 11 is 0. The van der Waals surface area contributed by atoms with Crippen LogP contribution < -0.4 is 4.74 Å². The zero-order chi connectivity index (χ0) is 16.3. The quantitative estimate of drug-likeness (QED) is 0.804. The monoisotopic (exact) mass is 292 g/mol. The van der Waals surface area contributed by atoms with Crippen molar-refractivity contribution in [2.45, 2.75) is 72.3 Å². The number of aliphatic hydroxyl groups is 1. The van der Waals surface area contributed by atoms with Crippen molar-refractivity contribution in [1.29, 1.82) is 0 Å². The molecule has 0 radical (unpaired) electrons. The molecule has 0 saturated heterocycles. The summed E-state index contributed by atoms with van der Waals surface area (Å²) in [6.45, 7) is 15.5. The van der Waals surface area contributed by atoms with Gasteiger partial charge < -0.3 is 9.84 Å². The second-order valence-corrected chi connectivity index (χ2v) is 8.28. The second kappa shape index (κ2) is 6.39. The van der Waals surface area contributed by atoms with E-state index >= 15 is 0 Å². The van der Waals surface area contributed by atoms with Crippen LogP contribution in [0.3, 0.4) is 0 Å². The summed E-state index contributed by atoms with van der Waals surface area (Å²) in [5, 5.41) is 9.97. The molecular formula is C19H32O2. The van der Waals surface area contributed by atoms with Gasteiger partial charge in [-0.1, -0.05) is 53.7 Å². The minimum absolute atomic E-state index is 0.145. The van der Waals surface area contributed by atoms with Crippen molar-refractivity contribution in [1.82, 2.24) is 0 Å². The lowest BCUT2D eigenvalue weighted by Gasteiger charge is -2.33. The molecule has 1 N–H and O–H groups in total. The maximum absolute atomic E-state index is 9.97. The van der Waals surface area contributed by atoms with Crippen LogP contribution in [0.5, 0.6) is 5.75 Å². The summed E-state index contributed by atoms with van der Waals surface area (Å²) in [5.74, 6) is 0.819. The number of hydrogen-bond donors (Lipinski definition) is 1. The Labute approximate surface area is 130 Å². The van der Waals surface area contributed by atoms with Gasteiger partial charge in [-0.05, 0) is 48.3 Å². The maximum Gasteiger partial charge on any atom is 0.119 e. The van der Waals surface area contributed by atoms with Gasteiger partial charge in [-0.3, -0.25) is 0 Å². The van der Waals surface area contributed by atoms with Gasteiger partial charge in [0, 0.05) is 0 Å². The van der Waals surface area contributed by atoms with Crippen molar-refractivity contribution in [3.63, 3.8) is 0 Å². The van der Waals surface area contributed by atoms with Crippen molar-refractivity contribution in [3.05, 3.63) is 29.8 Å². The highest BCUT2D eigenvalue weighted by Crippen LogP contribution is 2.36. The van der Waals surface area contributed by atoms with Crippen LogP contribution in [0.1, 0.15) is 66.9 Å². The van der Waals surface area contributed by atoms with Crippen LogP contribution >= 0.6 is 0 Å². The summed E-state index contributed by atoms with van der Waals surface area (Å²) < 4.78 is 5.68. The Morgan fingerprint density at radius 1 is 0.952 bits per heavy atom. The molecule has 1 aromatic rings. The fourth-order valence-electron chi connectivity index (χ4n) is 2.77. The van der Waals surface area contributed by atoms with Crippen molar-refractivity contribution in [2.24, 2.45) is 5.41 Å². The van der Waals surface area contributed by atoms with E-state index in [-0.39, 0.29) is 5.41 Å². The third-order valence-corrected chi connectivity index (χ3v) is 3.92. The third kappa shape index (κ3) is 6.09. The van der Waals surface area contributed by atoms with E-state index in [4.69, 9.17) is 4.74 Å². The lowest BCUT2D eigenvalue weighted by atomic mass is 9.72. The predicted octanol–water partition coefficient (Wildman–Crippen LogP) is 4.94. The van der Waals surface area contributed by atoms with Crippen LogP contribution in [0.4, 0.5) is 0 Å². The predicted molar refractivity (Wildman–Crippen MR) is 89.9 cm³/mol. The van der Waals surface area contributed by atoms with Gasteiger partial charge in [0.05, 0.1) is 5.60 Å². The molecule has 0 bridgehead atoms. The second-order valence-electron chi connectivity index (χ2n) is 8.28. The minimum atomic E-state index is -0.760. The van der Waals surface area contributed by atoms with E-state index in [1.165, 1.54) is 5.56 Å². The summed E-state index contributed by atoms with van der Waals surface area (Å²) in [4.78, 5) is 0. The molecule has 0 aliphatic heterocycles. The first kappa shape index (κ1) is 18.0. The molecule has 1 aromatic carbocycles. The first-order valence-electron chi connectivity index (χ1n) is 7.91. The lowest BCUT2D eigenvalue weighted by Crippen LogP contribution is -2.31. The van der Waals surface area contributed by atoms with E-state index in [0.29, 0.717) is 18.4 Å². The number of rotatable bonds is 6. The summed E-state index contributed by atoms with van der Waals surface area (Å²) in [5.41, 5.74) is 1.01. The Bertz CT molecular complexity index is 436. The Morgan fingerprint density at radius 3 is 1.90 bits per heavy atom. The smallest absolute Gasteiger partial charge is 0.119 e. The fourth-order valence-corrected chi connectivity index (χ4v) is 2.77. The van der Waals surface area contributed by atoms with Gasteiger partial charge >= 0.3 is 0 Å². The summed E-state index contributed by atoms with van der Waals surface area (Å²) in [7, 11) is 0. The Kier molecular flexibility index (Phi) is 5.49. The Balaban J connectivity index is 2.74. The van der Waals surface area contributed by atoms with Crippen molar-refractivity contribution in [3.8, 4) is 5.75 Å². The molecule has 0 fully saturated rings. The molecule has 0 amide bonds. The van der Waals surface area contributed by atoms with Gasteiger partial charge in [0.15, 0.2) is 0 Å². The van der Waals surface area contributed by atoms with Gasteiger partial charge in [-0.25, -0.2) is 0 Å². The van der Waals surface area contributed by atoms with Crippen LogP contribution in [0.25, 0.3) is 0 Å². The Hall–Kier alpha value is -1.02. The van der Waals surface area contributed by atoms with Crippen molar-refractivity contribution < 1.29 is 9.84 Å². The average molecular weight is 292 g/mol. The molecule has 0 aliphatic rings. The largest absolute Gasteiger partial charge is 0.491 e. The molecule has 0 saturated carbocycles. The van der Waals surface area contributed by atoms with Crippen LogP contribution in [0.2, 0.25) is 0 Å². The van der Waals surface area contributed by atoms with Gasteiger partial charge in [0.2, 0.25) is 0 Å². The molecule has 1 atom stereocenters. The van der Waals surface area contributed by atoms with Crippen molar-refractivity contribution >= 4 is 0 Å². The lowest BCUT2D eigenvalue weighted by molar-refractivity contribution is 0.00845. The van der Waals surface area contributed by atoms with E-state index in [1.54, 1.807) is 6.92 Å². The topological polar surface area (TPSA) is 29.5 Å². The van der Waals surface area contributed by atoms with Crippen LogP contribution in [0, 0.1) is 5.41 Å². The number of hydrogen-bond acceptors (Lipinski definition) is 2. The van der Waals surface area contributed by atoms with E-state index in [1.807, 2.05) is 19.1 Å². The zero-order valence-electron chi connectivity index (χ0n) is 14.8. The average Bonchev–Trinajstić information content (AvgIpc) is 2.34. The van der Waals surface area contributed by atoms with Crippen molar-refractivity contribution in [2.75, 3.05) is 6.61 Å². The fraction of sp³-hybridized carbons (Fsp3) is 0.684. The highest BCUT2D eigenvalue weighted by atomic mass is 16.5. The van der Waals surface area contributed by atoms with Crippen LogP contribution in [0.15, 0.2) is 24.3 Å². The van der Waals surface area contributed by atoms with E-state index in [0.717, 1.165) is 12.2 Å². The van der Waals surface area contributed by atoms with Gasteiger partial charge in [0.1, 0.15) is 12.4 Å². The summed E-state index contributed by atoms with van der Waals surface area (Å²) in [6.07, 6.45) is 1.81. The molecule has 1 rings (SSSR count). The Morgan fingerprint density at radius 2 is 1.48 bits per heavy atom. The normalized spacial score (nSPS) is 15.6. The first-order valence-corrected chi connectivity index (χ1v) is 7.91. The molecule has 0 aliphatic carbocycles. The summed E-state index contributed by atoms with van der Waals surface area (Å²) in [6, 6.07) is 8.29. The molecule has 0 heterocycles. The highest BCUT2D eigenvalue weighted by molar-refractivity contribution is 5.31. The number of ether oxygens (including phenoxy) is 1. The van der Waals surface area contributed by atoms with E-state index < -0.39 is 5.60 Å². The molecule has 2 nitrogen and oxygen atoms in total. The molecule has 0 aromatic heterocycles. The van der Waals surface area contributed by atoms with E-state index in [2.05, 4.69) is 46.8 Å². The molecular weight excluding hydrogens is 260 g/mol. The zero-order valence-corrected chi connectivity index (χ0v) is 14.8. The highest BCUT2D eigenvalue weighted by Gasteiger charge is 2.27. The standard InChI is InChI=1S/C19H32O2/c1-8-19(7,20)14-21-16-11-9-15(10-12-16)18(5,6)13-17(2,3)4/h9-12,20H,8,13-14H2,1-7H3. The maximum atomic E-state index is 9.97. The first-order chi connectivity index (χ1) is 9.45.